The average Bonchev–Trinajstić information content (AvgIpc) is 2.99. The Bertz CT molecular complexity index is 1330. The normalized spacial score (nSPS) is 12.2. The minimum absolute atomic E-state index is 0.0540. The summed E-state index contributed by atoms with van der Waals surface area (Å²) < 4.78 is 8.55. The minimum atomic E-state index is -0.586. The zero-order valence-corrected chi connectivity index (χ0v) is 16.1. The van der Waals surface area contributed by atoms with E-state index in [1.807, 2.05) is 18.4 Å². The molecule has 1 amide bonds. The molecular formula is C21H18N2O3S. The lowest BCUT2D eigenvalue weighted by Gasteiger charge is -2.03. The van der Waals surface area contributed by atoms with Gasteiger partial charge in [0, 0.05) is 6.54 Å². The third kappa shape index (κ3) is 2.92. The van der Waals surface area contributed by atoms with Crippen molar-refractivity contribution in [3.8, 4) is 0 Å². The van der Waals surface area contributed by atoms with Crippen LogP contribution in [0.1, 0.15) is 28.4 Å². The highest BCUT2D eigenvalue weighted by atomic mass is 32.1. The summed E-state index contributed by atoms with van der Waals surface area (Å²) >= 11 is 1.46. The van der Waals surface area contributed by atoms with Gasteiger partial charge in [-0.25, -0.2) is 0 Å². The van der Waals surface area contributed by atoms with E-state index >= 15 is 0 Å². The maximum Gasteiger partial charge on any atom is 0.286 e. The predicted octanol–water partition coefficient (Wildman–Crippen LogP) is 4.19. The van der Waals surface area contributed by atoms with Gasteiger partial charge in [-0.1, -0.05) is 29.5 Å². The molecule has 4 rings (SSSR count). The number of aromatic nitrogens is 1. The lowest BCUT2D eigenvalue weighted by Crippen LogP contribution is -2.19. The third-order valence-electron chi connectivity index (χ3n) is 4.54. The zero-order chi connectivity index (χ0) is 19.1. The molecule has 0 atom stereocenters. The number of benzene rings is 2. The average molecular weight is 378 g/mol. The van der Waals surface area contributed by atoms with Crippen LogP contribution in [0.2, 0.25) is 0 Å². The topological polar surface area (TPSA) is 64.6 Å². The molecule has 0 radical (unpaired) electrons. The highest BCUT2D eigenvalue weighted by molar-refractivity contribution is 7.16. The summed E-state index contributed by atoms with van der Waals surface area (Å²) in [6.07, 6.45) is 1.20. The van der Waals surface area contributed by atoms with Crippen LogP contribution in [0.4, 0.5) is 0 Å². The molecule has 0 N–H and O–H groups in total. The molecule has 0 aliphatic carbocycles. The fourth-order valence-corrected chi connectivity index (χ4v) is 4.42. The Hall–Kier alpha value is -2.99. The monoisotopic (exact) mass is 378 g/mol. The van der Waals surface area contributed by atoms with Crippen molar-refractivity contribution in [2.75, 3.05) is 0 Å². The van der Waals surface area contributed by atoms with Gasteiger partial charge in [-0.05, 0) is 50.1 Å². The summed E-state index contributed by atoms with van der Waals surface area (Å²) in [7, 11) is 0. The van der Waals surface area contributed by atoms with Crippen molar-refractivity contribution in [3.63, 3.8) is 0 Å². The molecule has 6 heteroatoms. The fourth-order valence-electron chi connectivity index (χ4n) is 3.28. The summed E-state index contributed by atoms with van der Waals surface area (Å²) in [5.74, 6) is -0.586. The number of hydrogen-bond acceptors (Lipinski definition) is 4. The molecule has 0 fully saturated rings. The lowest BCUT2D eigenvalue weighted by molar-refractivity contribution is 0.0995. The van der Waals surface area contributed by atoms with E-state index in [9.17, 15) is 9.59 Å². The number of carbonyl (C=O) groups excluding carboxylic acids is 1. The minimum Gasteiger partial charge on any atom is -0.463 e. The molecule has 0 spiro atoms. The van der Waals surface area contributed by atoms with E-state index in [1.165, 1.54) is 17.6 Å². The molecule has 4 aromatic rings. The lowest BCUT2D eigenvalue weighted by atomic mass is 10.1. The molecule has 0 saturated heterocycles. The largest absolute Gasteiger partial charge is 0.463 e. The number of carbonyl (C=O) groups is 1. The van der Waals surface area contributed by atoms with Gasteiger partial charge in [-0.3, -0.25) is 9.59 Å². The van der Waals surface area contributed by atoms with Gasteiger partial charge >= 0.3 is 0 Å². The maximum absolute atomic E-state index is 12.7. The Morgan fingerprint density at radius 2 is 2.00 bits per heavy atom. The molecule has 136 valence electrons. The smallest absolute Gasteiger partial charge is 0.286 e. The molecular weight excluding hydrogens is 360 g/mol. The number of fused-ring (bicyclic) bond motifs is 2. The van der Waals surface area contributed by atoms with E-state index in [1.54, 1.807) is 24.3 Å². The van der Waals surface area contributed by atoms with E-state index in [4.69, 9.17) is 4.42 Å². The first-order valence-electron chi connectivity index (χ1n) is 8.69. The molecule has 0 aliphatic rings. The van der Waals surface area contributed by atoms with Gasteiger partial charge in [0.25, 0.3) is 5.91 Å². The fraction of sp³-hybridized carbons (Fsp3) is 0.190. The zero-order valence-electron chi connectivity index (χ0n) is 15.3. The van der Waals surface area contributed by atoms with Gasteiger partial charge < -0.3 is 8.98 Å². The second-order valence-electron chi connectivity index (χ2n) is 6.45. The predicted molar refractivity (Wildman–Crippen MR) is 107 cm³/mol. The van der Waals surface area contributed by atoms with Gasteiger partial charge in [0.05, 0.1) is 15.6 Å². The Morgan fingerprint density at radius 1 is 1.22 bits per heavy atom. The van der Waals surface area contributed by atoms with Crippen LogP contribution in [-0.2, 0) is 6.54 Å². The molecule has 5 nitrogen and oxygen atoms in total. The molecule has 0 bridgehead atoms. The maximum atomic E-state index is 12.7. The van der Waals surface area contributed by atoms with E-state index < -0.39 is 5.91 Å². The first-order chi connectivity index (χ1) is 13.0. The molecule has 0 saturated carbocycles. The summed E-state index contributed by atoms with van der Waals surface area (Å²) in [6.45, 7) is 6.79. The molecule has 2 heterocycles. The van der Waals surface area contributed by atoms with Crippen LogP contribution in [0.5, 0.6) is 0 Å². The van der Waals surface area contributed by atoms with Crippen molar-refractivity contribution in [1.29, 1.82) is 0 Å². The summed E-state index contributed by atoms with van der Waals surface area (Å²) in [5, 5.41) is 0.379. The quantitative estimate of drug-likeness (QED) is 0.525. The van der Waals surface area contributed by atoms with Crippen LogP contribution in [0, 0.1) is 13.8 Å². The standard InChI is InChI=1S/C21H18N2O3S/c1-4-23-16-10-12(2)9-13(3)19(16)27-21(23)22-20(25)15-11-26-17-8-6-5-7-14(17)18(15)24/h5-11H,4H2,1-3H3. The van der Waals surface area contributed by atoms with Crippen molar-refractivity contribution in [3.05, 3.63) is 74.4 Å². The summed E-state index contributed by atoms with van der Waals surface area (Å²) in [5.41, 5.74) is 3.40. The Labute approximate surface area is 159 Å². The number of nitrogens with zero attached hydrogens (tertiary/aromatic N) is 2. The van der Waals surface area contributed by atoms with Gasteiger partial charge in [-0.2, -0.15) is 4.99 Å². The first-order valence-corrected chi connectivity index (χ1v) is 9.51. The highest BCUT2D eigenvalue weighted by Crippen LogP contribution is 2.23. The first kappa shape index (κ1) is 17.4. The van der Waals surface area contributed by atoms with Crippen molar-refractivity contribution in [1.82, 2.24) is 4.57 Å². The van der Waals surface area contributed by atoms with Crippen LogP contribution in [0.25, 0.3) is 21.2 Å². The van der Waals surface area contributed by atoms with Crippen molar-refractivity contribution in [2.45, 2.75) is 27.3 Å². The number of para-hydroxylation sites is 1. The molecule has 2 aromatic heterocycles. The Kier molecular flexibility index (Phi) is 4.28. The summed E-state index contributed by atoms with van der Waals surface area (Å²) in [4.78, 5) is 30.2. The Morgan fingerprint density at radius 3 is 2.78 bits per heavy atom. The van der Waals surface area contributed by atoms with Gasteiger partial charge in [0.1, 0.15) is 17.4 Å². The van der Waals surface area contributed by atoms with Crippen LogP contribution in [0.15, 0.2) is 56.9 Å². The number of aryl methyl sites for hydroxylation is 3. The Balaban J connectivity index is 1.92. The second-order valence-corrected chi connectivity index (χ2v) is 7.43. The van der Waals surface area contributed by atoms with Gasteiger partial charge in [-0.15, -0.1) is 0 Å². The SMILES string of the molecule is CCn1c(=NC(=O)c2coc3ccccc3c2=O)sc2c(C)cc(C)cc21. The van der Waals surface area contributed by atoms with Crippen LogP contribution >= 0.6 is 11.3 Å². The molecule has 27 heavy (non-hydrogen) atoms. The van der Waals surface area contributed by atoms with E-state index in [-0.39, 0.29) is 11.0 Å². The molecule has 0 aliphatic heterocycles. The van der Waals surface area contributed by atoms with Crippen molar-refractivity contribution in [2.24, 2.45) is 4.99 Å². The van der Waals surface area contributed by atoms with Crippen LogP contribution < -0.4 is 10.2 Å². The van der Waals surface area contributed by atoms with Crippen molar-refractivity contribution >= 4 is 38.4 Å². The van der Waals surface area contributed by atoms with Crippen LogP contribution in [0.3, 0.4) is 0 Å². The van der Waals surface area contributed by atoms with Gasteiger partial charge in [0.15, 0.2) is 4.80 Å². The van der Waals surface area contributed by atoms with Crippen molar-refractivity contribution < 1.29 is 9.21 Å². The number of rotatable bonds is 2. The second kappa shape index (κ2) is 6.63. The number of thiazole rings is 1. The van der Waals surface area contributed by atoms with E-state index in [2.05, 4.69) is 24.0 Å². The number of hydrogen-bond donors (Lipinski definition) is 0. The third-order valence-corrected chi connectivity index (χ3v) is 5.77. The number of amides is 1. The molecule has 0 unspecified atom stereocenters. The van der Waals surface area contributed by atoms with Crippen LogP contribution in [-0.4, -0.2) is 10.5 Å². The van der Waals surface area contributed by atoms with E-state index in [0.29, 0.717) is 22.3 Å². The highest BCUT2D eigenvalue weighted by Gasteiger charge is 2.15. The van der Waals surface area contributed by atoms with Gasteiger partial charge in [0.2, 0.25) is 5.43 Å². The summed E-state index contributed by atoms with van der Waals surface area (Å²) in [6, 6.07) is 11.1. The van der Waals surface area contributed by atoms with E-state index in [0.717, 1.165) is 21.3 Å². The molecule has 2 aromatic carbocycles.